The Morgan fingerprint density at radius 3 is 1.67 bits per heavy atom. The summed E-state index contributed by atoms with van der Waals surface area (Å²) < 4.78 is 39.7. The second kappa shape index (κ2) is 35.5. The van der Waals surface area contributed by atoms with E-state index in [0.29, 0.717) is 29.7 Å². The van der Waals surface area contributed by atoms with Gasteiger partial charge in [0.05, 0.1) is 40.0 Å². The van der Waals surface area contributed by atoms with E-state index < -0.39 is 26.5 Å². The fourth-order valence-corrected chi connectivity index (χ4v) is 7.63. The summed E-state index contributed by atoms with van der Waals surface area (Å²) in [5.41, 5.74) is 0. The number of quaternary nitrogens is 1. The van der Waals surface area contributed by atoms with Crippen molar-refractivity contribution in [1.29, 1.82) is 0 Å². The van der Waals surface area contributed by atoms with Gasteiger partial charge in [0.25, 0.3) is 7.82 Å². The lowest BCUT2D eigenvalue weighted by Gasteiger charge is -2.28. The van der Waals surface area contributed by atoms with Crippen molar-refractivity contribution in [2.75, 3.05) is 47.5 Å². The fraction of sp³-hybridized carbons (Fsp3) is 0.913. The molecule has 0 aromatic heterocycles. The molecule has 0 aromatic carbocycles. The minimum Gasteiger partial charge on any atom is -0.756 e. The Hall–Kier alpha value is -1.29. The maximum atomic E-state index is 12.7. The molecule has 0 aromatic rings. The SMILES string of the molecule is CCCCCCCCCCCCCCCCCCCC(=O)OC[C@H](COP(=O)([O-])OCC[N+](C)(C)C)OC(=O)CCCCCCC/C=C\CC1OC1CCCCC. The first-order valence-corrected chi connectivity index (χ1v) is 25.0. The Labute approximate surface area is 350 Å². The Kier molecular flexibility index (Phi) is 33.4. The smallest absolute Gasteiger partial charge is 0.306 e. The highest BCUT2D eigenvalue weighted by molar-refractivity contribution is 7.45. The second-order valence-electron chi connectivity index (χ2n) is 17.5. The van der Waals surface area contributed by atoms with E-state index in [2.05, 4.69) is 26.0 Å². The number of unbranched alkanes of at least 4 members (excludes halogenated alkanes) is 23. The third-order valence-electron chi connectivity index (χ3n) is 10.7. The molecule has 0 saturated carbocycles. The van der Waals surface area contributed by atoms with E-state index in [4.69, 9.17) is 23.3 Å². The van der Waals surface area contributed by atoms with Gasteiger partial charge in [-0.15, -0.1) is 0 Å². The van der Waals surface area contributed by atoms with Crippen LogP contribution in [0.25, 0.3) is 0 Å². The fourth-order valence-electron chi connectivity index (χ4n) is 6.90. The number of carbonyl (C=O) groups is 2. The maximum absolute atomic E-state index is 12.7. The number of ether oxygens (including phenoxy) is 3. The van der Waals surface area contributed by atoms with E-state index in [9.17, 15) is 19.0 Å². The molecule has 4 atom stereocenters. The van der Waals surface area contributed by atoms with E-state index in [0.717, 1.165) is 57.8 Å². The second-order valence-corrected chi connectivity index (χ2v) is 18.9. The minimum absolute atomic E-state index is 0.0333. The van der Waals surface area contributed by atoms with Crippen molar-refractivity contribution in [3.8, 4) is 0 Å². The van der Waals surface area contributed by atoms with Crippen molar-refractivity contribution in [3.63, 3.8) is 0 Å². The first kappa shape index (κ1) is 53.7. The van der Waals surface area contributed by atoms with Crippen molar-refractivity contribution in [2.24, 2.45) is 0 Å². The van der Waals surface area contributed by atoms with E-state index in [-0.39, 0.29) is 32.0 Å². The zero-order valence-corrected chi connectivity index (χ0v) is 38.4. The number of phosphoric acid groups is 1. The molecule has 0 spiro atoms. The van der Waals surface area contributed by atoms with Gasteiger partial charge in [-0.1, -0.05) is 167 Å². The molecule has 10 nitrogen and oxygen atoms in total. The van der Waals surface area contributed by atoms with Gasteiger partial charge in [0.15, 0.2) is 6.10 Å². The molecular formula is C46H88NO9P. The summed E-state index contributed by atoms with van der Waals surface area (Å²) in [4.78, 5) is 37.6. The number of carbonyl (C=O) groups excluding carboxylic acids is 2. The van der Waals surface area contributed by atoms with Crippen LogP contribution < -0.4 is 4.89 Å². The highest BCUT2D eigenvalue weighted by Gasteiger charge is 2.36. The number of hydrogen-bond donors (Lipinski definition) is 0. The van der Waals surface area contributed by atoms with Crippen LogP contribution in [-0.4, -0.2) is 82.2 Å². The molecule has 0 bridgehead atoms. The van der Waals surface area contributed by atoms with Crippen LogP contribution in [0.3, 0.4) is 0 Å². The number of nitrogens with zero attached hydrogens (tertiary/aromatic N) is 1. The number of phosphoric ester groups is 1. The Bertz CT molecular complexity index is 1050. The standard InChI is InChI=1S/C46H88NO9P/c1-6-8-10-11-12-13-14-15-16-17-18-19-20-21-25-28-32-36-45(48)52-40-42(41-54-57(50,51)53-39-38-47(3,4)5)55-46(49)37-33-29-26-23-22-24-27-31-35-44-43(56-44)34-30-9-7-2/h27,31,42-44H,6-26,28-30,32-41H2,1-5H3/b31-27-/t42-,43?,44?/m1/s1. The van der Waals surface area contributed by atoms with Gasteiger partial charge >= 0.3 is 11.9 Å². The molecule has 1 aliphatic heterocycles. The van der Waals surface area contributed by atoms with Crippen LogP contribution in [0.5, 0.6) is 0 Å². The predicted molar refractivity (Wildman–Crippen MR) is 231 cm³/mol. The molecule has 57 heavy (non-hydrogen) atoms. The van der Waals surface area contributed by atoms with Gasteiger partial charge in [-0.25, -0.2) is 0 Å². The van der Waals surface area contributed by atoms with Gasteiger partial charge in [0, 0.05) is 12.8 Å². The summed E-state index contributed by atoms with van der Waals surface area (Å²) in [6, 6.07) is 0. The van der Waals surface area contributed by atoms with Gasteiger partial charge in [-0.3, -0.25) is 14.2 Å². The highest BCUT2D eigenvalue weighted by Crippen LogP contribution is 2.38. The molecule has 3 unspecified atom stereocenters. The summed E-state index contributed by atoms with van der Waals surface area (Å²) in [6.07, 6.45) is 38.3. The van der Waals surface area contributed by atoms with Gasteiger partial charge in [0.1, 0.15) is 19.8 Å². The van der Waals surface area contributed by atoms with Crippen molar-refractivity contribution < 1.29 is 46.8 Å². The lowest BCUT2D eigenvalue weighted by Crippen LogP contribution is -2.37. The molecular weight excluding hydrogens is 741 g/mol. The molecule has 0 amide bonds. The maximum Gasteiger partial charge on any atom is 0.306 e. The average Bonchev–Trinajstić information content (AvgIpc) is 3.91. The van der Waals surface area contributed by atoms with Crippen molar-refractivity contribution in [1.82, 2.24) is 0 Å². The molecule has 0 radical (unpaired) electrons. The van der Waals surface area contributed by atoms with Crippen molar-refractivity contribution in [3.05, 3.63) is 12.2 Å². The van der Waals surface area contributed by atoms with Crippen LogP contribution >= 0.6 is 7.82 Å². The molecule has 1 fully saturated rings. The Morgan fingerprint density at radius 2 is 1.12 bits per heavy atom. The van der Waals surface area contributed by atoms with E-state index in [1.54, 1.807) is 0 Å². The molecule has 11 heteroatoms. The molecule has 0 aliphatic carbocycles. The first-order chi connectivity index (χ1) is 27.5. The van der Waals surface area contributed by atoms with Gasteiger partial charge < -0.3 is 32.6 Å². The van der Waals surface area contributed by atoms with Gasteiger partial charge in [0.2, 0.25) is 0 Å². The summed E-state index contributed by atoms with van der Waals surface area (Å²) in [5, 5.41) is 0. The van der Waals surface area contributed by atoms with Crippen molar-refractivity contribution in [2.45, 2.75) is 225 Å². The number of rotatable bonds is 42. The zero-order chi connectivity index (χ0) is 41.9. The van der Waals surface area contributed by atoms with Crippen LogP contribution in [0.15, 0.2) is 12.2 Å². The normalized spacial score (nSPS) is 17.2. The molecule has 0 N–H and O–H groups in total. The van der Waals surface area contributed by atoms with Gasteiger partial charge in [-0.05, 0) is 38.5 Å². The van der Waals surface area contributed by atoms with Gasteiger partial charge in [-0.2, -0.15) is 0 Å². The predicted octanol–water partition coefficient (Wildman–Crippen LogP) is 11.7. The molecule has 1 heterocycles. The summed E-state index contributed by atoms with van der Waals surface area (Å²) in [5.74, 6) is -0.846. The van der Waals surface area contributed by atoms with Crippen LogP contribution in [0.4, 0.5) is 0 Å². The quantitative estimate of drug-likeness (QED) is 0.0148. The van der Waals surface area contributed by atoms with Crippen LogP contribution in [0.1, 0.15) is 206 Å². The topological polar surface area (TPSA) is 124 Å². The number of likely N-dealkylation sites (N-methyl/N-ethyl adjacent to an activating group) is 1. The zero-order valence-electron chi connectivity index (χ0n) is 37.5. The monoisotopic (exact) mass is 830 g/mol. The summed E-state index contributed by atoms with van der Waals surface area (Å²) in [7, 11) is 1.16. The Balaban J connectivity index is 2.24. The first-order valence-electron chi connectivity index (χ1n) is 23.5. The lowest BCUT2D eigenvalue weighted by atomic mass is 10.0. The number of esters is 2. The third kappa shape index (κ3) is 36.3. The van der Waals surface area contributed by atoms with E-state index in [1.807, 2.05) is 21.1 Å². The third-order valence-corrected chi connectivity index (χ3v) is 11.7. The lowest BCUT2D eigenvalue weighted by molar-refractivity contribution is -0.870. The van der Waals surface area contributed by atoms with Crippen molar-refractivity contribution >= 4 is 19.8 Å². The van der Waals surface area contributed by atoms with E-state index in [1.165, 1.54) is 116 Å². The molecule has 336 valence electrons. The summed E-state index contributed by atoms with van der Waals surface area (Å²) >= 11 is 0. The molecule has 1 aliphatic rings. The van der Waals surface area contributed by atoms with Crippen LogP contribution in [-0.2, 0) is 37.4 Å². The highest BCUT2D eigenvalue weighted by atomic mass is 31.2. The number of hydrogen-bond acceptors (Lipinski definition) is 9. The summed E-state index contributed by atoms with van der Waals surface area (Å²) in [6.45, 7) is 4.20. The number of allylic oxidation sites excluding steroid dienone is 1. The number of epoxide rings is 1. The molecule has 1 saturated heterocycles. The molecule has 1 rings (SSSR count). The average molecular weight is 830 g/mol. The minimum atomic E-state index is -4.63. The Morgan fingerprint density at radius 1 is 0.632 bits per heavy atom. The van der Waals surface area contributed by atoms with Crippen LogP contribution in [0.2, 0.25) is 0 Å². The largest absolute Gasteiger partial charge is 0.756 e. The van der Waals surface area contributed by atoms with Crippen LogP contribution in [0, 0.1) is 0 Å². The van der Waals surface area contributed by atoms with E-state index >= 15 is 0 Å².